The molecule has 2 aromatic heterocycles. The molecule has 1 amide bonds. The van der Waals surface area contributed by atoms with E-state index in [1.54, 1.807) is 48.5 Å². The van der Waals surface area contributed by atoms with E-state index in [0.29, 0.717) is 34.7 Å². The highest BCUT2D eigenvalue weighted by molar-refractivity contribution is 7.89. The van der Waals surface area contributed by atoms with Gasteiger partial charge in [0.1, 0.15) is 0 Å². The van der Waals surface area contributed by atoms with Gasteiger partial charge in [-0.05, 0) is 36.1 Å². The minimum Gasteiger partial charge on any atom is -0.322 e. The quantitative estimate of drug-likeness (QED) is 0.594. The summed E-state index contributed by atoms with van der Waals surface area (Å²) >= 11 is 6.21. The first-order valence-corrected chi connectivity index (χ1v) is 12.4. The van der Waals surface area contributed by atoms with Crippen LogP contribution in [-0.4, -0.2) is 45.7 Å². The van der Waals surface area contributed by atoms with Crippen LogP contribution >= 0.6 is 11.6 Å². The van der Waals surface area contributed by atoms with E-state index in [1.807, 2.05) is 0 Å². The Morgan fingerprint density at radius 3 is 2.85 bits per heavy atom. The first-order valence-electron chi connectivity index (χ1n) is 10.5. The predicted molar refractivity (Wildman–Crippen MR) is 123 cm³/mol. The van der Waals surface area contributed by atoms with Crippen molar-refractivity contribution in [2.24, 2.45) is 12.5 Å². The van der Waals surface area contributed by atoms with Crippen LogP contribution in [0.25, 0.3) is 10.9 Å². The molecule has 33 heavy (non-hydrogen) atoms. The topological polar surface area (TPSA) is 121 Å². The number of fused-ring (bicyclic) bond motifs is 2. The summed E-state index contributed by atoms with van der Waals surface area (Å²) in [6, 6.07) is 7.29. The zero-order valence-electron chi connectivity index (χ0n) is 17.8. The number of carbonyl (C=O) groups is 1. The number of nitriles is 1. The highest BCUT2D eigenvalue weighted by Gasteiger charge is 2.49. The second kappa shape index (κ2) is 7.80. The van der Waals surface area contributed by atoms with E-state index in [1.165, 1.54) is 4.31 Å². The smallest absolute Gasteiger partial charge is 0.233 e. The fourth-order valence-corrected chi connectivity index (χ4v) is 6.48. The van der Waals surface area contributed by atoms with E-state index >= 15 is 0 Å². The van der Waals surface area contributed by atoms with E-state index in [4.69, 9.17) is 11.6 Å². The Bertz CT molecular complexity index is 1420. The lowest BCUT2D eigenvalue weighted by atomic mass is 9.90. The van der Waals surface area contributed by atoms with Gasteiger partial charge in [0, 0.05) is 36.7 Å². The highest BCUT2D eigenvalue weighted by Crippen LogP contribution is 2.47. The van der Waals surface area contributed by atoms with Gasteiger partial charge >= 0.3 is 0 Å². The average Bonchev–Trinajstić information content (AvgIpc) is 3.45. The molecule has 5 rings (SSSR count). The van der Waals surface area contributed by atoms with E-state index in [-0.39, 0.29) is 24.7 Å². The highest BCUT2D eigenvalue weighted by atomic mass is 35.5. The molecular weight excluding hydrogens is 464 g/mol. The average molecular weight is 485 g/mol. The molecule has 1 atom stereocenters. The van der Waals surface area contributed by atoms with Gasteiger partial charge in [0.15, 0.2) is 0 Å². The lowest BCUT2D eigenvalue weighted by Gasteiger charge is -2.33. The molecule has 1 aliphatic carbocycles. The number of benzene rings is 1. The number of anilines is 1. The molecule has 9 nitrogen and oxygen atoms in total. The third-order valence-corrected chi connectivity index (χ3v) is 8.59. The van der Waals surface area contributed by atoms with Crippen molar-refractivity contribution in [2.45, 2.75) is 25.3 Å². The van der Waals surface area contributed by atoms with Crippen LogP contribution in [-0.2, 0) is 28.4 Å². The van der Waals surface area contributed by atoms with Crippen molar-refractivity contribution in [2.75, 3.05) is 17.6 Å². The number of amides is 1. The molecule has 0 radical (unpaired) electrons. The molecule has 3 aromatic rings. The van der Waals surface area contributed by atoms with Crippen LogP contribution in [0, 0.1) is 16.7 Å². The molecule has 1 saturated carbocycles. The SMILES string of the molecule is Cn1ncc2cncc(NC(=O)C3CN(S(=O)(=O)CC4(C#N)CC4)Cc4ccc(Cl)cc43)c21. The summed E-state index contributed by atoms with van der Waals surface area (Å²) in [6.45, 7) is 0.108. The molecule has 0 bridgehead atoms. The van der Waals surface area contributed by atoms with Crippen molar-refractivity contribution in [3.05, 3.63) is 52.9 Å². The predicted octanol–water partition coefficient (Wildman–Crippen LogP) is 2.79. The Kier molecular flexibility index (Phi) is 5.16. The van der Waals surface area contributed by atoms with Crippen LogP contribution < -0.4 is 5.32 Å². The number of aromatic nitrogens is 3. The Labute approximate surface area is 196 Å². The van der Waals surface area contributed by atoms with Crippen LogP contribution in [0.4, 0.5) is 5.69 Å². The van der Waals surface area contributed by atoms with Crippen LogP contribution in [0.15, 0.2) is 36.8 Å². The molecule has 0 spiro atoms. The first kappa shape index (κ1) is 21.8. The van der Waals surface area contributed by atoms with E-state index in [0.717, 1.165) is 10.9 Å². The fraction of sp³-hybridized carbons (Fsp3) is 0.364. The number of pyridine rings is 1. The van der Waals surface area contributed by atoms with Gasteiger partial charge < -0.3 is 5.32 Å². The van der Waals surface area contributed by atoms with E-state index in [2.05, 4.69) is 21.5 Å². The van der Waals surface area contributed by atoms with Crippen molar-refractivity contribution in [1.29, 1.82) is 5.26 Å². The molecule has 1 N–H and O–H groups in total. The van der Waals surface area contributed by atoms with Crippen LogP contribution in [0.5, 0.6) is 0 Å². The standard InChI is InChI=1S/C22H21ClN6O3S/c1-28-20-15(8-26-28)7-25-9-19(20)27-21(30)18-11-29(10-14-2-3-16(23)6-17(14)18)33(31,32)13-22(12-24)4-5-22/h2-3,6-9,18H,4-5,10-11,13H2,1H3,(H,27,30). The van der Waals surface area contributed by atoms with Crippen molar-refractivity contribution in [1.82, 2.24) is 19.1 Å². The lowest BCUT2D eigenvalue weighted by molar-refractivity contribution is -0.118. The second-order valence-electron chi connectivity index (χ2n) is 8.72. The van der Waals surface area contributed by atoms with Gasteiger partial charge in [-0.15, -0.1) is 0 Å². The first-order chi connectivity index (χ1) is 15.7. The number of rotatable bonds is 5. The van der Waals surface area contributed by atoms with Gasteiger partial charge in [0.05, 0.1) is 46.8 Å². The summed E-state index contributed by atoms with van der Waals surface area (Å²) in [5, 5.41) is 17.7. The Morgan fingerprint density at radius 1 is 1.33 bits per heavy atom. The molecular formula is C22H21ClN6O3S. The summed E-state index contributed by atoms with van der Waals surface area (Å²) in [7, 11) is -1.98. The Morgan fingerprint density at radius 2 is 2.12 bits per heavy atom. The van der Waals surface area contributed by atoms with Gasteiger partial charge in [-0.3, -0.25) is 14.5 Å². The van der Waals surface area contributed by atoms with Gasteiger partial charge in [0.25, 0.3) is 0 Å². The summed E-state index contributed by atoms with van der Waals surface area (Å²) < 4.78 is 29.3. The number of carbonyl (C=O) groups excluding carboxylic acids is 1. The number of hydrogen-bond donors (Lipinski definition) is 1. The van der Waals surface area contributed by atoms with Crippen molar-refractivity contribution in [3.8, 4) is 6.07 Å². The zero-order valence-corrected chi connectivity index (χ0v) is 19.4. The minimum atomic E-state index is -3.74. The third-order valence-electron chi connectivity index (χ3n) is 6.37. The van der Waals surface area contributed by atoms with Crippen molar-refractivity contribution >= 4 is 44.1 Å². The number of halogens is 1. The van der Waals surface area contributed by atoms with Gasteiger partial charge in [-0.2, -0.15) is 14.7 Å². The van der Waals surface area contributed by atoms with Crippen LogP contribution in [0.1, 0.15) is 29.9 Å². The molecule has 3 heterocycles. The molecule has 11 heteroatoms. The zero-order chi connectivity index (χ0) is 23.4. The summed E-state index contributed by atoms with van der Waals surface area (Å²) in [4.78, 5) is 17.6. The van der Waals surface area contributed by atoms with Crippen molar-refractivity contribution in [3.63, 3.8) is 0 Å². The van der Waals surface area contributed by atoms with E-state index < -0.39 is 21.4 Å². The maximum absolute atomic E-state index is 13.5. The van der Waals surface area contributed by atoms with Gasteiger partial charge in [0.2, 0.25) is 15.9 Å². The maximum Gasteiger partial charge on any atom is 0.233 e. The Hall–Kier alpha value is -3.00. The fourth-order valence-electron chi connectivity index (χ4n) is 4.35. The number of sulfonamides is 1. The largest absolute Gasteiger partial charge is 0.322 e. The number of nitrogens with zero attached hydrogens (tertiary/aromatic N) is 5. The summed E-state index contributed by atoms with van der Waals surface area (Å²) in [5.74, 6) is -1.37. The molecule has 170 valence electrons. The molecule has 0 saturated heterocycles. The lowest BCUT2D eigenvalue weighted by Crippen LogP contribution is -2.44. The normalized spacial score (nSPS) is 19.6. The monoisotopic (exact) mass is 484 g/mol. The number of nitrogens with one attached hydrogen (secondary N) is 1. The molecule has 1 aliphatic heterocycles. The molecule has 1 aromatic carbocycles. The van der Waals surface area contributed by atoms with Crippen LogP contribution in [0.3, 0.4) is 0 Å². The molecule has 2 aliphatic rings. The number of hydrogen-bond acceptors (Lipinski definition) is 6. The van der Waals surface area contributed by atoms with E-state index in [9.17, 15) is 18.5 Å². The number of aryl methyl sites for hydroxylation is 1. The summed E-state index contributed by atoms with van der Waals surface area (Å²) in [5.41, 5.74) is 1.81. The third kappa shape index (κ3) is 3.97. The molecule has 1 fully saturated rings. The Balaban J connectivity index is 1.48. The van der Waals surface area contributed by atoms with Gasteiger partial charge in [-0.1, -0.05) is 17.7 Å². The van der Waals surface area contributed by atoms with Gasteiger partial charge in [-0.25, -0.2) is 8.42 Å². The second-order valence-corrected chi connectivity index (χ2v) is 11.1. The van der Waals surface area contributed by atoms with Crippen LogP contribution in [0.2, 0.25) is 5.02 Å². The summed E-state index contributed by atoms with van der Waals surface area (Å²) in [6.07, 6.45) is 6.01. The minimum absolute atomic E-state index is 0.0300. The maximum atomic E-state index is 13.5. The molecule has 1 unspecified atom stereocenters. The van der Waals surface area contributed by atoms with Crippen molar-refractivity contribution < 1.29 is 13.2 Å².